The van der Waals surface area contributed by atoms with Crippen molar-refractivity contribution in [1.29, 1.82) is 0 Å². The first-order chi connectivity index (χ1) is 16.6. The van der Waals surface area contributed by atoms with Crippen LogP contribution in [-0.2, 0) is 16.1 Å². The molecule has 4 rings (SSSR count). The van der Waals surface area contributed by atoms with Gasteiger partial charge in [0.25, 0.3) is 0 Å². The summed E-state index contributed by atoms with van der Waals surface area (Å²) in [6.07, 6.45) is 2.82. The van der Waals surface area contributed by atoms with E-state index in [0.717, 1.165) is 34.5 Å². The lowest BCUT2D eigenvalue weighted by atomic mass is 9.99. The van der Waals surface area contributed by atoms with Gasteiger partial charge in [-0.3, -0.25) is 4.98 Å². The summed E-state index contributed by atoms with van der Waals surface area (Å²) in [6, 6.07) is 18.0. The smallest absolute Gasteiger partial charge is 0.140 e. The van der Waals surface area contributed by atoms with Crippen LogP contribution in [0.4, 0.5) is 11.5 Å². The van der Waals surface area contributed by atoms with Crippen LogP contribution >= 0.6 is 11.6 Å². The van der Waals surface area contributed by atoms with Crippen molar-refractivity contribution in [2.24, 2.45) is 0 Å². The zero-order valence-corrected chi connectivity index (χ0v) is 20.5. The summed E-state index contributed by atoms with van der Waals surface area (Å²) in [5.74, 6) is 1.26. The van der Waals surface area contributed by atoms with E-state index < -0.39 is 0 Å². The van der Waals surface area contributed by atoms with Crippen molar-refractivity contribution in [3.05, 3.63) is 77.1 Å². The number of ether oxygens (including phenoxy) is 2. The molecule has 7 heteroatoms. The molecule has 1 N–H and O–H groups in total. The Kier molecular flexibility index (Phi) is 8.06. The number of pyridine rings is 3. The summed E-state index contributed by atoms with van der Waals surface area (Å²) in [5, 5.41) is 4.94. The van der Waals surface area contributed by atoms with Crippen LogP contribution < -0.4 is 5.32 Å². The van der Waals surface area contributed by atoms with Crippen molar-refractivity contribution in [3.8, 4) is 11.4 Å². The molecule has 0 radical (unpaired) electrons. The first-order valence-electron chi connectivity index (χ1n) is 11.4. The van der Waals surface area contributed by atoms with Crippen LogP contribution in [0, 0.1) is 0 Å². The van der Waals surface area contributed by atoms with E-state index in [-0.39, 0.29) is 0 Å². The van der Waals surface area contributed by atoms with Gasteiger partial charge in [-0.05, 0) is 60.4 Å². The standard InChI is InChI=1S/C27H29ClN4O2/c1-4-18(2)19-7-9-20(10-8-19)30-27-22-11-12-24(26-23(28)6-5-13-29-26)32-25(22)16-21(31-27)17-34-15-14-33-3/h5-13,16,18H,4,14-15,17H2,1-3H3,(H,30,31). The molecule has 0 fully saturated rings. The van der Waals surface area contributed by atoms with Crippen LogP contribution in [-0.4, -0.2) is 35.3 Å². The summed E-state index contributed by atoms with van der Waals surface area (Å²) >= 11 is 6.36. The molecule has 1 aromatic carbocycles. The minimum atomic E-state index is 0.358. The molecular weight excluding hydrogens is 448 g/mol. The van der Waals surface area contributed by atoms with Crippen LogP contribution in [0.25, 0.3) is 22.3 Å². The maximum Gasteiger partial charge on any atom is 0.140 e. The van der Waals surface area contributed by atoms with Gasteiger partial charge in [0.15, 0.2) is 0 Å². The minimum absolute atomic E-state index is 0.358. The fourth-order valence-electron chi connectivity index (χ4n) is 3.64. The molecule has 0 spiro atoms. The van der Waals surface area contributed by atoms with E-state index in [2.05, 4.69) is 48.4 Å². The molecule has 3 aromatic heterocycles. The van der Waals surface area contributed by atoms with E-state index >= 15 is 0 Å². The highest BCUT2D eigenvalue weighted by Gasteiger charge is 2.13. The van der Waals surface area contributed by atoms with E-state index in [1.165, 1.54) is 5.56 Å². The van der Waals surface area contributed by atoms with E-state index in [9.17, 15) is 0 Å². The first-order valence-corrected chi connectivity index (χ1v) is 11.8. The maximum absolute atomic E-state index is 6.36. The van der Waals surface area contributed by atoms with Crippen molar-refractivity contribution < 1.29 is 9.47 Å². The largest absolute Gasteiger partial charge is 0.382 e. The molecule has 0 aliphatic heterocycles. The number of benzene rings is 1. The second-order valence-electron chi connectivity index (χ2n) is 8.16. The number of rotatable bonds is 10. The molecule has 1 unspecified atom stereocenters. The zero-order valence-electron chi connectivity index (χ0n) is 19.7. The van der Waals surface area contributed by atoms with Crippen LogP contribution in [0.5, 0.6) is 0 Å². The van der Waals surface area contributed by atoms with Gasteiger partial charge < -0.3 is 14.8 Å². The molecular formula is C27H29ClN4O2. The molecule has 0 bridgehead atoms. The fourth-order valence-corrected chi connectivity index (χ4v) is 3.86. The molecule has 6 nitrogen and oxygen atoms in total. The number of halogens is 1. The summed E-state index contributed by atoms with van der Waals surface area (Å²) in [6.45, 7) is 5.82. The second kappa shape index (κ2) is 11.4. The Morgan fingerprint density at radius 1 is 1.03 bits per heavy atom. The van der Waals surface area contributed by atoms with Crippen LogP contribution in [0.3, 0.4) is 0 Å². The predicted molar refractivity (Wildman–Crippen MR) is 138 cm³/mol. The molecule has 1 atom stereocenters. The van der Waals surface area contributed by atoms with Crippen LogP contribution in [0.2, 0.25) is 5.02 Å². The van der Waals surface area contributed by atoms with Crippen molar-refractivity contribution in [1.82, 2.24) is 15.0 Å². The van der Waals surface area contributed by atoms with Gasteiger partial charge in [0.2, 0.25) is 0 Å². The Labute approximate surface area is 205 Å². The number of methoxy groups -OCH3 is 1. The van der Waals surface area contributed by atoms with Crippen molar-refractivity contribution >= 4 is 34.0 Å². The Morgan fingerprint density at radius 2 is 1.85 bits per heavy atom. The SMILES string of the molecule is CCC(C)c1ccc(Nc2nc(COCCOC)cc3nc(-c4ncccc4Cl)ccc23)cc1. The van der Waals surface area contributed by atoms with Gasteiger partial charge in [-0.1, -0.05) is 37.6 Å². The number of anilines is 2. The van der Waals surface area contributed by atoms with E-state index in [4.69, 9.17) is 31.0 Å². The Bertz CT molecular complexity index is 1250. The number of hydrogen-bond acceptors (Lipinski definition) is 6. The fraction of sp³-hybridized carbons (Fsp3) is 0.296. The Hall–Kier alpha value is -3.06. The molecule has 176 valence electrons. The third-order valence-corrected chi connectivity index (χ3v) is 6.08. The van der Waals surface area contributed by atoms with Crippen molar-refractivity contribution in [2.45, 2.75) is 32.8 Å². The Morgan fingerprint density at radius 3 is 2.59 bits per heavy atom. The number of aromatic nitrogens is 3. The normalized spacial score (nSPS) is 12.1. The van der Waals surface area contributed by atoms with Gasteiger partial charge in [0, 0.05) is 24.4 Å². The highest BCUT2D eigenvalue weighted by Crippen LogP contribution is 2.30. The molecule has 34 heavy (non-hydrogen) atoms. The molecule has 3 heterocycles. The third-order valence-electron chi connectivity index (χ3n) is 5.78. The first kappa shape index (κ1) is 24.1. The van der Waals surface area contributed by atoms with E-state index in [0.29, 0.717) is 42.1 Å². The predicted octanol–water partition coefficient (Wildman–Crippen LogP) is 6.77. The van der Waals surface area contributed by atoms with Crippen molar-refractivity contribution in [3.63, 3.8) is 0 Å². The van der Waals surface area contributed by atoms with Crippen LogP contribution in [0.15, 0.2) is 60.8 Å². The van der Waals surface area contributed by atoms with Gasteiger partial charge >= 0.3 is 0 Å². The average molecular weight is 477 g/mol. The van der Waals surface area contributed by atoms with Gasteiger partial charge in [-0.2, -0.15) is 0 Å². The summed E-state index contributed by atoms with van der Waals surface area (Å²) < 4.78 is 10.8. The van der Waals surface area contributed by atoms with Gasteiger partial charge in [0.1, 0.15) is 11.5 Å². The molecule has 4 aromatic rings. The topological polar surface area (TPSA) is 69.2 Å². The highest BCUT2D eigenvalue weighted by molar-refractivity contribution is 6.32. The summed E-state index contributed by atoms with van der Waals surface area (Å²) in [5.41, 5.74) is 5.22. The number of nitrogens with one attached hydrogen (secondary N) is 1. The molecule has 0 aliphatic carbocycles. The van der Waals surface area contributed by atoms with E-state index in [1.54, 1.807) is 19.4 Å². The second-order valence-corrected chi connectivity index (χ2v) is 8.57. The van der Waals surface area contributed by atoms with Gasteiger partial charge in [-0.15, -0.1) is 0 Å². The number of fused-ring (bicyclic) bond motifs is 1. The van der Waals surface area contributed by atoms with Gasteiger partial charge in [0.05, 0.1) is 41.7 Å². The molecule has 0 saturated carbocycles. The van der Waals surface area contributed by atoms with Gasteiger partial charge in [-0.25, -0.2) is 9.97 Å². The Balaban J connectivity index is 1.70. The minimum Gasteiger partial charge on any atom is -0.382 e. The molecule has 0 aliphatic rings. The average Bonchev–Trinajstić information content (AvgIpc) is 2.86. The number of nitrogens with zero attached hydrogens (tertiary/aromatic N) is 3. The van der Waals surface area contributed by atoms with Crippen LogP contribution in [0.1, 0.15) is 37.4 Å². The lowest BCUT2D eigenvalue weighted by molar-refractivity contribution is 0.0603. The number of hydrogen-bond donors (Lipinski definition) is 1. The quantitative estimate of drug-likeness (QED) is 0.255. The monoisotopic (exact) mass is 476 g/mol. The lowest BCUT2D eigenvalue weighted by Crippen LogP contribution is -2.05. The summed E-state index contributed by atoms with van der Waals surface area (Å²) in [4.78, 5) is 14.1. The van der Waals surface area contributed by atoms with E-state index in [1.807, 2.05) is 24.3 Å². The molecule has 0 amide bonds. The highest BCUT2D eigenvalue weighted by atomic mass is 35.5. The third kappa shape index (κ3) is 5.70. The van der Waals surface area contributed by atoms with Crippen molar-refractivity contribution in [2.75, 3.05) is 25.6 Å². The summed E-state index contributed by atoms with van der Waals surface area (Å²) in [7, 11) is 1.65. The zero-order chi connectivity index (χ0) is 23.9. The maximum atomic E-state index is 6.36. The lowest BCUT2D eigenvalue weighted by Gasteiger charge is -2.14. The molecule has 0 saturated heterocycles.